The van der Waals surface area contributed by atoms with Gasteiger partial charge in [0.2, 0.25) is 5.82 Å². The summed E-state index contributed by atoms with van der Waals surface area (Å²) in [4.78, 5) is 10.9. The molecule has 0 radical (unpaired) electrons. The zero-order valence-corrected chi connectivity index (χ0v) is 7.94. The van der Waals surface area contributed by atoms with Crippen molar-refractivity contribution in [2.24, 2.45) is 0 Å². The van der Waals surface area contributed by atoms with Gasteiger partial charge in [0, 0.05) is 0 Å². The summed E-state index contributed by atoms with van der Waals surface area (Å²) in [5.74, 6) is -6.26. The summed E-state index contributed by atoms with van der Waals surface area (Å²) < 4.78 is 47.7. The van der Waals surface area contributed by atoms with Crippen molar-refractivity contribution in [1.82, 2.24) is 0 Å². The number of esters is 1. The lowest BCUT2D eigenvalue weighted by atomic mass is 10.2. The van der Waals surface area contributed by atoms with Crippen LogP contribution in [-0.2, 0) is 4.74 Å². The summed E-state index contributed by atoms with van der Waals surface area (Å²) in [7, 11) is 1.96. The first-order valence-corrected chi connectivity index (χ1v) is 3.82. The molecule has 0 spiro atoms. The van der Waals surface area contributed by atoms with Crippen LogP contribution in [0.1, 0.15) is 10.4 Å². The van der Waals surface area contributed by atoms with Crippen LogP contribution >= 0.6 is 0 Å². The number of rotatable bonds is 2. The van der Waals surface area contributed by atoms with Gasteiger partial charge in [0.1, 0.15) is 5.56 Å². The van der Waals surface area contributed by atoms with Gasteiger partial charge in [-0.05, 0) is 6.07 Å². The van der Waals surface area contributed by atoms with Crippen molar-refractivity contribution in [2.45, 2.75) is 0 Å². The Balaban J connectivity index is 3.40. The third-order valence-electron chi connectivity index (χ3n) is 1.73. The van der Waals surface area contributed by atoms with Crippen LogP contribution in [0.4, 0.5) is 13.2 Å². The molecule has 0 N–H and O–H groups in total. The second-order valence-corrected chi connectivity index (χ2v) is 2.56. The predicted molar refractivity (Wildman–Crippen MR) is 44.2 cm³/mol. The zero-order chi connectivity index (χ0) is 11.6. The van der Waals surface area contributed by atoms with Crippen LogP contribution in [0.5, 0.6) is 5.75 Å². The van der Waals surface area contributed by atoms with E-state index < -0.39 is 34.7 Å². The number of methoxy groups -OCH3 is 2. The molecule has 0 bridgehead atoms. The largest absolute Gasteiger partial charge is 0.491 e. The monoisotopic (exact) mass is 220 g/mol. The fraction of sp³-hybridized carbons (Fsp3) is 0.222. The van der Waals surface area contributed by atoms with Crippen molar-refractivity contribution in [3.63, 3.8) is 0 Å². The Kier molecular flexibility index (Phi) is 3.18. The van der Waals surface area contributed by atoms with Crippen molar-refractivity contribution < 1.29 is 27.4 Å². The first-order valence-electron chi connectivity index (χ1n) is 3.82. The van der Waals surface area contributed by atoms with Gasteiger partial charge < -0.3 is 9.47 Å². The molecule has 1 aromatic carbocycles. The van der Waals surface area contributed by atoms with Crippen molar-refractivity contribution in [2.75, 3.05) is 14.2 Å². The van der Waals surface area contributed by atoms with E-state index in [2.05, 4.69) is 9.47 Å². The fourth-order valence-corrected chi connectivity index (χ4v) is 1.02. The van der Waals surface area contributed by atoms with Gasteiger partial charge in [-0.15, -0.1) is 0 Å². The molecule has 82 valence electrons. The molecule has 0 atom stereocenters. The molecule has 0 aliphatic rings. The highest BCUT2D eigenvalue weighted by Gasteiger charge is 2.23. The molecule has 15 heavy (non-hydrogen) atoms. The maximum absolute atomic E-state index is 13.1. The Morgan fingerprint density at radius 1 is 1.20 bits per heavy atom. The SMILES string of the molecule is COC(=O)c1cc(F)c(OC)c(F)c1F. The lowest BCUT2D eigenvalue weighted by Crippen LogP contribution is -2.08. The second-order valence-electron chi connectivity index (χ2n) is 2.56. The number of hydrogen-bond donors (Lipinski definition) is 0. The number of halogens is 3. The number of ether oxygens (including phenoxy) is 2. The van der Waals surface area contributed by atoms with Crippen molar-refractivity contribution in [3.8, 4) is 5.75 Å². The van der Waals surface area contributed by atoms with Crippen LogP contribution < -0.4 is 4.74 Å². The summed E-state index contributed by atoms with van der Waals surface area (Å²) in [5.41, 5.74) is -0.812. The number of hydrogen-bond acceptors (Lipinski definition) is 3. The molecular formula is C9H7F3O3. The molecule has 0 aromatic heterocycles. The summed E-state index contributed by atoms with van der Waals surface area (Å²) in [6, 6.07) is 0.517. The van der Waals surface area contributed by atoms with Gasteiger partial charge in [-0.1, -0.05) is 0 Å². The average Bonchev–Trinajstić information content (AvgIpc) is 2.23. The highest BCUT2D eigenvalue weighted by atomic mass is 19.2. The first kappa shape index (κ1) is 11.4. The molecule has 0 unspecified atom stereocenters. The molecule has 1 aromatic rings. The minimum Gasteiger partial charge on any atom is -0.491 e. The van der Waals surface area contributed by atoms with E-state index in [0.29, 0.717) is 6.07 Å². The summed E-state index contributed by atoms with van der Waals surface area (Å²) >= 11 is 0. The lowest BCUT2D eigenvalue weighted by molar-refractivity contribution is 0.0593. The third kappa shape index (κ3) is 1.88. The summed E-state index contributed by atoms with van der Waals surface area (Å²) in [5, 5.41) is 0. The Morgan fingerprint density at radius 2 is 1.80 bits per heavy atom. The Hall–Kier alpha value is -1.72. The maximum Gasteiger partial charge on any atom is 0.341 e. The minimum atomic E-state index is -1.56. The van der Waals surface area contributed by atoms with Crippen molar-refractivity contribution >= 4 is 5.97 Å². The molecular weight excluding hydrogens is 213 g/mol. The molecule has 0 saturated carbocycles. The van der Waals surface area contributed by atoms with E-state index in [4.69, 9.17) is 0 Å². The normalized spacial score (nSPS) is 9.93. The van der Waals surface area contributed by atoms with Gasteiger partial charge in [-0.3, -0.25) is 0 Å². The number of benzene rings is 1. The molecule has 0 aliphatic heterocycles. The molecule has 1 rings (SSSR count). The van der Waals surface area contributed by atoms with E-state index in [1.807, 2.05) is 0 Å². The summed E-state index contributed by atoms with van der Waals surface area (Å²) in [6.07, 6.45) is 0. The van der Waals surface area contributed by atoms with Crippen LogP contribution in [0.2, 0.25) is 0 Å². The molecule has 3 nitrogen and oxygen atoms in total. The maximum atomic E-state index is 13.1. The van der Waals surface area contributed by atoms with Gasteiger partial charge in [0.15, 0.2) is 17.4 Å². The zero-order valence-electron chi connectivity index (χ0n) is 7.94. The quantitative estimate of drug-likeness (QED) is 0.564. The lowest BCUT2D eigenvalue weighted by Gasteiger charge is -2.07. The molecule has 0 aliphatic carbocycles. The standard InChI is InChI=1S/C9H7F3O3/c1-14-8-5(10)3-4(9(13)15-2)6(11)7(8)12/h3H,1-2H3. The van der Waals surface area contributed by atoms with E-state index in [-0.39, 0.29) is 0 Å². The first-order chi connectivity index (χ1) is 7.02. The predicted octanol–water partition coefficient (Wildman–Crippen LogP) is 1.90. The van der Waals surface area contributed by atoms with E-state index >= 15 is 0 Å². The molecule has 6 heteroatoms. The van der Waals surface area contributed by atoms with E-state index in [0.717, 1.165) is 14.2 Å². The number of carbonyl (C=O) groups is 1. The van der Waals surface area contributed by atoms with Gasteiger partial charge in [-0.2, -0.15) is 4.39 Å². The molecule has 0 amide bonds. The van der Waals surface area contributed by atoms with Gasteiger partial charge in [-0.25, -0.2) is 13.6 Å². The van der Waals surface area contributed by atoms with E-state index in [9.17, 15) is 18.0 Å². The number of carbonyl (C=O) groups excluding carboxylic acids is 1. The van der Waals surface area contributed by atoms with Gasteiger partial charge in [0.05, 0.1) is 14.2 Å². The Morgan fingerprint density at radius 3 is 2.27 bits per heavy atom. The average molecular weight is 220 g/mol. The van der Waals surface area contributed by atoms with Crippen LogP contribution in [0.15, 0.2) is 6.07 Å². The van der Waals surface area contributed by atoms with Crippen molar-refractivity contribution in [3.05, 3.63) is 29.1 Å². The third-order valence-corrected chi connectivity index (χ3v) is 1.73. The summed E-state index contributed by atoms with van der Waals surface area (Å²) in [6.45, 7) is 0. The highest BCUT2D eigenvalue weighted by molar-refractivity contribution is 5.89. The van der Waals surface area contributed by atoms with E-state index in [1.54, 1.807) is 0 Å². The smallest absolute Gasteiger partial charge is 0.341 e. The second kappa shape index (κ2) is 4.20. The molecule has 0 saturated heterocycles. The van der Waals surface area contributed by atoms with Gasteiger partial charge in [0.25, 0.3) is 0 Å². The topological polar surface area (TPSA) is 35.5 Å². The van der Waals surface area contributed by atoms with Crippen LogP contribution in [0, 0.1) is 17.5 Å². The molecule has 0 heterocycles. The fourth-order valence-electron chi connectivity index (χ4n) is 1.02. The Bertz CT molecular complexity index is 404. The highest BCUT2D eigenvalue weighted by Crippen LogP contribution is 2.26. The van der Waals surface area contributed by atoms with Crippen LogP contribution in [0.3, 0.4) is 0 Å². The van der Waals surface area contributed by atoms with Crippen molar-refractivity contribution in [1.29, 1.82) is 0 Å². The van der Waals surface area contributed by atoms with E-state index in [1.165, 1.54) is 0 Å². The Labute approximate surface area is 83.4 Å². The van der Waals surface area contributed by atoms with Crippen LogP contribution in [-0.4, -0.2) is 20.2 Å². The molecule has 0 fully saturated rings. The van der Waals surface area contributed by atoms with Crippen LogP contribution in [0.25, 0.3) is 0 Å². The van der Waals surface area contributed by atoms with Gasteiger partial charge >= 0.3 is 5.97 Å². The minimum absolute atomic E-state index is 0.517.